The second-order valence-corrected chi connectivity index (χ2v) is 7.06. The van der Waals surface area contributed by atoms with Gasteiger partial charge in [-0.05, 0) is 43.0 Å². The zero-order chi connectivity index (χ0) is 17.4. The number of thiophene rings is 1. The van der Waals surface area contributed by atoms with Crippen molar-refractivity contribution < 1.29 is 19.1 Å². The molecule has 2 aliphatic rings. The van der Waals surface area contributed by atoms with Crippen molar-refractivity contribution in [2.24, 2.45) is 0 Å². The predicted molar refractivity (Wildman–Crippen MR) is 95.1 cm³/mol. The molecule has 1 aromatic carbocycles. The average molecular weight is 358 g/mol. The quantitative estimate of drug-likeness (QED) is 0.884. The van der Waals surface area contributed by atoms with E-state index in [0.29, 0.717) is 40.8 Å². The zero-order valence-electron chi connectivity index (χ0n) is 13.8. The molecule has 1 aromatic heterocycles. The van der Waals surface area contributed by atoms with Gasteiger partial charge >= 0.3 is 0 Å². The summed E-state index contributed by atoms with van der Waals surface area (Å²) in [6.45, 7) is 0.977. The summed E-state index contributed by atoms with van der Waals surface area (Å²) in [7, 11) is 1.60. The van der Waals surface area contributed by atoms with Gasteiger partial charge in [-0.1, -0.05) is 0 Å². The third-order valence-corrected chi connectivity index (χ3v) is 5.61. The molecule has 1 aliphatic heterocycles. The lowest BCUT2D eigenvalue weighted by molar-refractivity contribution is 0.0963. The fourth-order valence-corrected chi connectivity index (χ4v) is 4.50. The first-order valence-corrected chi connectivity index (χ1v) is 9.06. The number of fused-ring (bicyclic) bond motifs is 2. The molecule has 0 atom stereocenters. The molecule has 2 amide bonds. The molecule has 2 heterocycles. The summed E-state index contributed by atoms with van der Waals surface area (Å²) >= 11 is 1.50. The lowest BCUT2D eigenvalue weighted by Crippen LogP contribution is -2.21. The number of ether oxygens (including phenoxy) is 2. The molecule has 2 N–H and O–H groups in total. The highest BCUT2D eigenvalue weighted by Crippen LogP contribution is 2.39. The Bertz CT molecular complexity index is 859. The van der Waals surface area contributed by atoms with Crippen LogP contribution in [-0.2, 0) is 12.8 Å². The van der Waals surface area contributed by atoms with Crippen molar-refractivity contribution in [3.8, 4) is 11.5 Å². The largest absolute Gasteiger partial charge is 0.486 e. The fourth-order valence-electron chi connectivity index (χ4n) is 3.22. The minimum absolute atomic E-state index is 0.156. The lowest BCUT2D eigenvalue weighted by Gasteiger charge is -2.18. The highest BCUT2D eigenvalue weighted by Gasteiger charge is 2.27. The summed E-state index contributed by atoms with van der Waals surface area (Å²) < 4.78 is 11.0. The molecule has 0 spiro atoms. The van der Waals surface area contributed by atoms with Crippen molar-refractivity contribution in [1.29, 1.82) is 0 Å². The molecule has 2 aromatic rings. The van der Waals surface area contributed by atoms with Crippen LogP contribution in [0.25, 0.3) is 0 Å². The number of hydrogen-bond donors (Lipinski definition) is 2. The number of nitrogens with one attached hydrogen (secondary N) is 2. The van der Waals surface area contributed by atoms with Crippen LogP contribution in [0.2, 0.25) is 0 Å². The van der Waals surface area contributed by atoms with Crippen LogP contribution in [0.4, 0.5) is 5.00 Å². The third kappa shape index (κ3) is 2.84. The Kier molecular flexibility index (Phi) is 4.09. The van der Waals surface area contributed by atoms with E-state index in [9.17, 15) is 9.59 Å². The van der Waals surface area contributed by atoms with Crippen molar-refractivity contribution in [3.05, 3.63) is 39.8 Å². The standard InChI is InChI=1S/C18H18N2O4S/c1-19-17(22)15-11-3-2-4-14(11)25-18(15)20-16(21)10-5-6-12-13(9-10)24-8-7-23-12/h5-6,9H,2-4,7-8H2,1H3,(H,19,22)(H,20,21). The lowest BCUT2D eigenvalue weighted by atomic mass is 10.1. The smallest absolute Gasteiger partial charge is 0.256 e. The van der Waals surface area contributed by atoms with Crippen LogP contribution in [0, 0.1) is 0 Å². The Hall–Kier alpha value is -2.54. The first-order valence-electron chi connectivity index (χ1n) is 8.25. The summed E-state index contributed by atoms with van der Waals surface area (Å²) in [5.74, 6) is 0.793. The van der Waals surface area contributed by atoms with Crippen molar-refractivity contribution in [1.82, 2.24) is 5.32 Å². The molecule has 0 bridgehead atoms. The Morgan fingerprint density at radius 3 is 2.68 bits per heavy atom. The molecule has 0 saturated heterocycles. The molecule has 0 unspecified atom stereocenters. The maximum atomic E-state index is 12.7. The van der Waals surface area contributed by atoms with Gasteiger partial charge in [-0.3, -0.25) is 9.59 Å². The van der Waals surface area contributed by atoms with Gasteiger partial charge in [0.15, 0.2) is 11.5 Å². The van der Waals surface area contributed by atoms with Crippen molar-refractivity contribution in [2.45, 2.75) is 19.3 Å². The maximum absolute atomic E-state index is 12.7. The number of carbonyl (C=O) groups excluding carboxylic acids is 2. The van der Waals surface area contributed by atoms with Gasteiger partial charge in [0.2, 0.25) is 0 Å². The van der Waals surface area contributed by atoms with Crippen LogP contribution in [0.5, 0.6) is 11.5 Å². The Morgan fingerprint density at radius 1 is 1.08 bits per heavy atom. The first-order chi connectivity index (χ1) is 12.2. The second-order valence-electron chi connectivity index (χ2n) is 5.95. The van der Waals surface area contributed by atoms with E-state index in [1.807, 2.05) is 0 Å². The molecular weight excluding hydrogens is 340 g/mol. The van der Waals surface area contributed by atoms with Gasteiger partial charge in [0.25, 0.3) is 11.8 Å². The number of amides is 2. The molecule has 4 rings (SSSR count). The number of carbonyl (C=O) groups is 2. The van der Waals surface area contributed by atoms with E-state index in [0.717, 1.165) is 24.8 Å². The van der Waals surface area contributed by atoms with Gasteiger partial charge in [-0.2, -0.15) is 0 Å². The van der Waals surface area contributed by atoms with E-state index >= 15 is 0 Å². The van der Waals surface area contributed by atoms with Crippen LogP contribution in [0.15, 0.2) is 18.2 Å². The van der Waals surface area contributed by atoms with Crippen molar-refractivity contribution >= 4 is 28.2 Å². The van der Waals surface area contributed by atoms with Crippen molar-refractivity contribution in [3.63, 3.8) is 0 Å². The summed E-state index contributed by atoms with van der Waals surface area (Å²) in [6.07, 6.45) is 2.90. The van der Waals surface area contributed by atoms with Crippen LogP contribution in [0.3, 0.4) is 0 Å². The highest BCUT2D eigenvalue weighted by molar-refractivity contribution is 7.17. The van der Waals surface area contributed by atoms with Crippen LogP contribution in [-0.4, -0.2) is 32.1 Å². The number of hydrogen-bond acceptors (Lipinski definition) is 5. The SMILES string of the molecule is CNC(=O)c1c(NC(=O)c2ccc3c(c2)OCCO3)sc2c1CCC2. The van der Waals surface area contributed by atoms with Crippen LogP contribution in [0.1, 0.15) is 37.6 Å². The molecule has 130 valence electrons. The number of rotatable bonds is 3. The molecule has 0 radical (unpaired) electrons. The normalized spacial score (nSPS) is 14.8. The molecule has 6 nitrogen and oxygen atoms in total. The topological polar surface area (TPSA) is 76.7 Å². The Morgan fingerprint density at radius 2 is 1.88 bits per heavy atom. The molecule has 0 fully saturated rings. The van der Waals surface area contributed by atoms with Crippen LogP contribution < -0.4 is 20.1 Å². The van der Waals surface area contributed by atoms with E-state index in [2.05, 4.69) is 10.6 Å². The average Bonchev–Trinajstić information content (AvgIpc) is 3.21. The van der Waals surface area contributed by atoms with Gasteiger partial charge in [0, 0.05) is 17.5 Å². The molecule has 25 heavy (non-hydrogen) atoms. The van der Waals surface area contributed by atoms with Gasteiger partial charge in [-0.25, -0.2) is 0 Å². The van der Waals surface area contributed by atoms with Crippen molar-refractivity contribution in [2.75, 3.05) is 25.6 Å². The molecule has 0 saturated carbocycles. The van der Waals surface area contributed by atoms with Gasteiger partial charge in [-0.15, -0.1) is 11.3 Å². The molecular formula is C18H18N2O4S. The zero-order valence-corrected chi connectivity index (χ0v) is 14.6. The Labute approximate surface area is 149 Å². The minimum atomic E-state index is -0.262. The van der Waals surface area contributed by atoms with E-state index in [1.165, 1.54) is 16.2 Å². The van der Waals surface area contributed by atoms with Gasteiger partial charge in [0.05, 0.1) is 5.56 Å². The highest BCUT2D eigenvalue weighted by atomic mass is 32.1. The van der Waals surface area contributed by atoms with Gasteiger partial charge < -0.3 is 20.1 Å². The Balaban J connectivity index is 1.62. The van der Waals surface area contributed by atoms with E-state index < -0.39 is 0 Å². The minimum Gasteiger partial charge on any atom is -0.486 e. The van der Waals surface area contributed by atoms with Crippen LogP contribution >= 0.6 is 11.3 Å². The van der Waals surface area contributed by atoms with E-state index in [4.69, 9.17) is 9.47 Å². The first kappa shape index (κ1) is 16.0. The second kappa shape index (κ2) is 6.40. The fraction of sp³-hybridized carbons (Fsp3) is 0.333. The number of anilines is 1. The third-order valence-electron chi connectivity index (χ3n) is 4.41. The maximum Gasteiger partial charge on any atom is 0.256 e. The van der Waals surface area contributed by atoms with E-state index in [1.54, 1.807) is 25.2 Å². The predicted octanol–water partition coefficient (Wildman–Crippen LogP) is 2.62. The number of aryl methyl sites for hydroxylation is 1. The van der Waals surface area contributed by atoms with Gasteiger partial charge in [0.1, 0.15) is 18.2 Å². The monoisotopic (exact) mass is 358 g/mol. The number of benzene rings is 1. The molecule has 1 aliphatic carbocycles. The summed E-state index contributed by atoms with van der Waals surface area (Å²) in [4.78, 5) is 26.1. The summed E-state index contributed by atoms with van der Waals surface area (Å²) in [5.41, 5.74) is 2.15. The summed E-state index contributed by atoms with van der Waals surface area (Å²) in [6, 6.07) is 5.10. The van der Waals surface area contributed by atoms with E-state index in [-0.39, 0.29) is 11.8 Å². The molecule has 7 heteroatoms. The summed E-state index contributed by atoms with van der Waals surface area (Å²) in [5, 5.41) is 6.19.